The number of amides is 1. The summed E-state index contributed by atoms with van der Waals surface area (Å²) in [5.74, 6) is 0.983. The lowest BCUT2D eigenvalue weighted by Crippen LogP contribution is -2.56. The highest BCUT2D eigenvalue weighted by Crippen LogP contribution is 2.34. The molecule has 3 aliphatic rings. The number of hydrogen-bond acceptors (Lipinski definition) is 4. The number of rotatable bonds is 8. The Bertz CT molecular complexity index is 521. The topological polar surface area (TPSA) is 78.0 Å². The molecule has 0 radical (unpaired) electrons. The second-order valence-electron chi connectivity index (χ2n) is 8.81. The van der Waals surface area contributed by atoms with E-state index in [9.17, 15) is 4.79 Å². The van der Waals surface area contributed by atoms with Crippen molar-refractivity contribution >= 4 is 11.9 Å². The average Bonchev–Trinajstić information content (AvgIpc) is 3.26. The molecule has 3 N–H and O–H groups in total. The van der Waals surface area contributed by atoms with Gasteiger partial charge in [-0.1, -0.05) is 32.1 Å². The molecule has 3 rings (SSSR count). The van der Waals surface area contributed by atoms with Crippen molar-refractivity contribution in [2.75, 3.05) is 45.9 Å². The zero-order valence-corrected chi connectivity index (χ0v) is 18.3. The number of nitrogens with zero attached hydrogens (tertiary/aromatic N) is 2. The second-order valence-corrected chi connectivity index (χ2v) is 8.81. The third kappa shape index (κ3) is 6.85. The van der Waals surface area contributed by atoms with Gasteiger partial charge in [0.2, 0.25) is 5.91 Å². The summed E-state index contributed by atoms with van der Waals surface area (Å²) < 4.78 is 5.58. The maximum absolute atomic E-state index is 12.2. The summed E-state index contributed by atoms with van der Waals surface area (Å²) in [7, 11) is 0. The van der Waals surface area contributed by atoms with Gasteiger partial charge in [-0.3, -0.25) is 14.7 Å². The molecule has 0 aromatic heterocycles. The van der Waals surface area contributed by atoms with Gasteiger partial charge in [-0.2, -0.15) is 0 Å². The maximum Gasteiger partial charge on any atom is 0.221 e. The average molecular weight is 408 g/mol. The van der Waals surface area contributed by atoms with Crippen LogP contribution in [0.25, 0.3) is 0 Å². The van der Waals surface area contributed by atoms with Crippen LogP contribution in [0.3, 0.4) is 0 Å². The molecule has 1 amide bonds. The van der Waals surface area contributed by atoms with Gasteiger partial charge < -0.3 is 20.7 Å². The fourth-order valence-corrected chi connectivity index (χ4v) is 5.05. The van der Waals surface area contributed by atoms with E-state index in [0.717, 1.165) is 58.2 Å². The highest BCUT2D eigenvalue weighted by Gasteiger charge is 2.38. The molecular formula is C22H41N5O2. The quantitative estimate of drug-likeness (QED) is 0.424. The number of morpholine rings is 1. The van der Waals surface area contributed by atoms with Gasteiger partial charge in [0.1, 0.15) is 0 Å². The molecule has 1 aliphatic heterocycles. The number of carbonyl (C=O) groups is 1. The lowest BCUT2D eigenvalue weighted by Gasteiger charge is -2.47. The Kier molecular flexibility index (Phi) is 9.05. The summed E-state index contributed by atoms with van der Waals surface area (Å²) in [4.78, 5) is 19.8. The molecule has 2 aliphatic carbocycles. The third-order valence-electron chi connectivity index (χ3n) is 6.71. The monoisotopic (exact) mass is 407 g/mol. The first-order valence-corrected chi connectivity index (χ1v) is 11.9. The summed E-state index contributed by atoms with van der Waals surface area (Å²) in [5.41, 5.74) is 0.171. The number of aliphatic imine (C=N–C) groups is 1. The van der Waals surface area contributed by atoms with Crippen molar-refractivity contribution < 1.29 is 9.53 Å². The summed E-state index contributed by atoms with van der Waals surface area (Å²) in [5, 5.41) is 9.88. The molecule has 0 bridgehead atoms. The van der Waals surface area contributed by atoms with Gasteiger partial charge >= 0.3 is 0 Å². The van der Waals surface area contributed by atoms with Crippen molar-refractivity contribution in [1.29, 1.82) is 0 Å². The Morgan fingerprint density at radius 3 is 2.48 bits per heavy atom. The zero-order valence-electron chi connectivity index (χ0n) is 18.3. The Balaban J connectivity index is 1.51. The molecule has 0 unspecified atom stereocenters. The van der Waals surface area contributed by atoms with Crippen molar-refractivity contribution in [1.82, 2.24) is 20.9 Å². The molecule has 7 heteroatoms. The van der Waals surface area contributed by atoms with Crippen molar-refractivity contribution in [2.24, 2.45) is 4.99 Å². The lowest BCUT2D eigenvalue weighted by molar-refractivity contribution is -0.121. The van der Waals surface area contributed by atoms with Crippen LogP contribution in [-0.2, 0) is 9.53 Å². The summed E-state index contributed by atoms with van der Waals surface area (Å²) >= 11 is 0. The number of nitrogens with one attached hydrogen (secondary N) is 3. The minimum Gasteiger partial charge on any atom is -0.379 e. The predicted molar refractivity (Wildman–Crippen MR) is 117 cm³/mol. The third-order valence-corrected chi connectivity index (χ3v) is 6.71. The van der Waals surface area contributed by atoms with Crippen LogP contribution in [0.15, 0.2) is 4.99 Å². The Labute approximate surface area is 176 Å². The largest absolute Gasteiger partial charge is 0.379 e. The van der Waals surface area contributed by atoms with Crippen molar-refractivity contribution in [2.45, 2.75) is 82.7 Å². The van der Waals surface area contributed by atoms with Gasteiger partial charge in [0.15, 0.2) is 5.96 Å². The second kappa shape index (κ2) is 11.7. The molecule has 0 aromatic carbocycles. The van der Waals surface area contributed by atoms with Gasteiger partial charge in [0.05, 0.1) is 19.8 Å². The van der Waals surface area contributed by atoms with Gasteiger partial charge in [0.25, 0.3) is 0 Å². The SMILES string of the molecule is CCNC(=NCC1(N2CCOCC2)CCCCC1)NCCC(=O)NC1CCCC1. The van der Waals surface area contributed by atoms with Crippen LogP contribution in [0.5, 0.6) is 0 Å². The van der Waals surface area contributed by atoms with Crippen molar-refractivity contribution in [3.05, 3.63) is 0 Å². The van der Waals surface area contributed by atoms with E-state index in [0.29, 0.717) is 19.0 Å². The number of hydrogen-bond donors (Lipinski definition) is 3. The van der Waals surface area contributed by atoms with E-state index in [1.54, 1.807) is 0 Å². The van der Waals surface area contributed by atoms with Crippen LogP contribution in [0.4, 0.5) is 0 Å². The molecule has 0 atom stereocenters. The van der Waals surface area contributed by atoms with Gasteiger partial charge in [-0.25, -0.2) is 0 Å². The van der Waals surface area contributed by atoms with E-state index in [-0.39, 0.29) is 11.4 Å². The van der Waals surface area contributed by atoms with Gasteiger partial charge in [-0.15, -0.1) is 0 Å². The molecule has 0 spiro atoms. The first-order chi connectivity index (χ1) is 14.2. The van der Waals surface area contributed by atoms with E-state index >= 15 is 0 Å². The number of ether oxygens (including phenoxy) is 1. The van der Waals surface area contributed by atoms with Crippen molar-refractivity contribution in [3.63, 3.8) is 0 Å². The van der Waals surface area contributed by atoms with E-state index < -0.39 is 0 Å². The smallest absolute Gasteiger partial charge is 0.221 e. The van der Waals surface area contributed by atoms with Crippen LogP contribution in [0.1, 0.15) is 71.1 Å². The van der Waals surface area contributed by atoms with E-state index in [1.807, 2.05) is 0 Å². The Hall–Kier alpha value is -1.34. The van der Waals surface area contributed by atoms with E-state index in [2.05, 4.69) is 27.8 Å². The van der Waals surface area contributed by atoms with Gasteiger partial charge in [-0.05, 0) is 32.6 Å². The molecule has 0 aromatic rings. The minimum absolute atomic E-state index is 0.150. The van der Waals surface area contributed by atoms with Crippen LogP contribution >= 0.6 is 0 Å². The zero-order chi connectivity index (χ0) is 20.4. The predicted octanol–water partition coefficient (Wildman–Crippen LogP) is 2.03. The van der Waals surface area contributed by atoms with E-state index in [1.165, 1.54) is 44.9 Å². The van der Waals surface area contributed by atoms with E-state index in [4.69, 9.17) is 9.73 Å². The first kappa shape index (κ1) is 22.3. The highest BCUT2D eigenvalue weighted by atomic mass is 16.5. The molecule has 166 valence electrons. The standard InChI is InChI=1S/C22H41N5O2/c1-2-23-21(24-13-10-20(28)26-19-8-4-5-9-19)25-18-22(11-6-3-7-12-22)27-14-16-29-17-15-27/h19H,2-18H2,1H3,(H,26,28)(H2,23,24,25). The molecule has 1 heterocycles. The summed E-state index contributed by atoms with van der Waals surface area (Å²) in [6, 6.07) is 0.393. The summed E-state index contributed by atoms with van der Waals surface area (Å²) in [6.07, 6.45) is 11.6. The van der Waals surface area contributed by atoms with Crippen LogP contribution in [0.2, 0.25) is 0 Å². The number of carbonyl (C=O) groups excluding carboxylic acids is 1. The lowest BCUT2D eigenvalue weighted by atomic mass is 9.80. The Morgan fingerprint density at radius 2 is 1.79 bits per heavy atom. The maximum atomic E-state index is 12.2. The Morgan fingerprint density at radius 1 is 1.07 bits per heavy atom. The minimum atomic E-state index is 0.150. The molecule has 2 saturated carbocycles. The fraction of sp³-hybridized carbons (Fsp3) is 0.909. The molecule has 7 nitrogen and oxygen atoms in total. The number of guanidine groups is 1. The van der Waals surface area contributed by atoms with Crippen LogP contribution in [0, 0.1) is 0 Å². The van der Waals surface area contributed by atoms with Crippen LogP contribution < -0.4 is 16.0 Å². The molecule has 3 fully saturated rings. The van der Waals surface area contributed by atoms with Crippen LogP contribution in [-0.4, -0.2) is 74.3 Å². The highest BCUT2D eigenvalue weighted by molar-refractivity contribution is 5.81. The molecular weight excluding hydrogens is 366 g/mol. The van der Waals surface area contributed by atoms with Gasteiger partial charge in [0, 0.05) is 44.2 Å². The first-order valence-electron chi connectivity index (χ1n) is 11.9. The normalized spacial score (nSPS) is 23.7. The fourth-order valence-electron chi connectivity index (χ4n) is 5.05. The molecule has 1 saturated heterocycles. The van der Waals surface area contributed by atoms with Crippen molar-refractivity contribution in [3.8, 4) is 0 Å². The molecule has 29 heavy (non-hydrogen) atoms. The summed E-state index contributed by atoms with van der Waals surface area (Å²) in [6.45, 7) is 8.04.